The van der Waals surface area contributed by atoms with Gasteiger partial charge in [-0.15, -0.1) is 0 Å². The first-order chi connectivity index (χ1) is 9.11. The molecular formula is C14H13BrF2N2. The fraction of sp³-hybridized carbons (Fsp3) is 0.143. The van der Waals surface area contributed by atoms with Crippen LogP contribution in [-0.4, -0.2) is 0 Å². The third kappa shape index (κ3) is 3.37. The molecule has 100 valence electrons. The summed E-state index contributed by atoms with van der Waals surface area (Å²) in [6.07, 6.45) is 0.267. The van der Waals surface area contributed by atoms with Crippen molar-refractivity contribution in [2.24, 2.45) is 5.84 Å². The molecule has 5 heteroatoms. The number of benzene rings is 2. The number of rotatable bonds is 4. The summed E-state index contributed by atoms with van der Waals surface area (Å²) < 4.78 is 27.7. The van der Waals surface area contributed by atoms with Crippen LogP contribution in [-0.2, 0) is 6.42 Å². The molecule has 0 aromatic heterocycles. The second-order valence-corrected chi connectivity index (χ2v) is 5.03. The highest BCUT2D eigenvalue weighted by Gasteiger charge is 2.16. The highest BCUT2D eigenvalue weighted by atomic mass is 79.9. The number of nitrogens with two attached hydrogens (primary N) is 1. The first-order valence-corrected chi connectivity index (χ1v) is 6.55. The molecule has 0 fully saturated rings. The van der Waals surface area contributed by atoms with Gasteiger partial charge in [0.1, 0.15) is 11.6 Å². The maximum atomic E-state index is 13.6. The van der Waals surface area contributed by atoms with Crippen molar-refractivity contribution < 1.29 is 8.78 Å². The highest BCUT2D eigenvalue weighted by Crippen LogP contribution is 2.26. The first kappa shape index (κ1) is 14.1. The maximum absolute atomic E-state index is 13.6. The molecule has 1 unspecified atom stereocenters. The molecule has 0 aliphatic carbocycles. The van der Waals surface area contributed by atoms with E-state index in [-0.39, 0.29) is 12.5 Å². The van der Waals surface area contributed by atoms with Crippen LogP contribution in [0.4, 0.5) is 8.78 Å². The summed E-state index contributed by atoms with van der Waals surface area (Å²) in [6.45, 7) is 0. The van der Waals surface area contributed by atoms with E-state index in [4.69, 9.17) is 5.84 Å². The van der Waals surface area contributed by atoms with Crippen LogP contribution >= 0.6 is 15.9 Å². The smallest absolute Gasteiger partial charge is 0.126 e. The molecule has 2 rings (SSSR count). The highest BCUT2D eigenvalue weighted by molar-refractivity contribution is 9.10. The third-order valence-corrected chi connectivity index (χ3v) is 3.64. The Bertz CT molecular complexity index is 575. The largest absolute Gasteiger partial charge is 0.271 e. The van der Waals surface area contributed by atoms with Gasteiger partial charge in [0.25, 0.3) is 0 Å². The van der Waals surface area contributed by atoms with Gasteiger partial charge < -0.3 is 0 Å². The van der Waals surface area contributed by atoms with Crippen molar-refractivity contribution in [1.29, 1.82) is 0 Å². The van der Waals surface area contributed by atoms with Crippen molar-refractivity contribution in [2.75, 3.05) is 0 Å². The Kier molecular flexibility index (Phi) is 4.63. The van der Waals surface area contributed by atoms with Crippen LogP contribution in [0.15, 0.2) is 46.9 Å². The maximum Gasteiger partial charge on any atom is 0.126 e. The Morgan fingerprint density at radius 3 is 2.58 bits per heavy atom. The van der Waals surface area contributed by atoms with Gasteiger partial charge in [-0.2, -0.15) is 0 Å². The molecule has 0 spiro atoms. The number of hydrazine groups is 1. The van der Waals surface area contributed by atoms with E-state index in [0.717, 1.165) is 22.2 Å². The lowest BCUT2D eigenvalue weighted by molar-refractivity contribution is 0.521. The minimum Gasteiger partial charge on any atom is -0.271 e. The Morgan fingerprint density at radius 2 is 1.89 bits per heavy atom. The summed E-state index contributed by atoms with van der Waals surface area (Å²) in [7, 11) is 0. The van der Waals surface area contributed by atoms with Gasteiger partial charge in [0.05, 0.1) is 6.04 Å². The van der Waals surface area contributed by atoms with Gasteiger partial charge >= 0.3 is 0 Å². The lowest BCUT2D eigenvalue weighted by Gasteiger charge is -2.18. The second kappa shape index (κ2) is 6.23. The van der Waals surface area contributed by atoms with Crippen molar-refractivity contribution >= 4 is 15.9 Å². The van der Waals surface area contributed by atoms with Crippen molar-refractivity contribution in [1.82, 2.24) is 5.43 Å². The molecule has 0 aliphatic heterocycles. The molecule has 0 bridgehead atoms. The topological polar surface area (TPSA) is 38.0 Å². The molecule has 0 amide bonds. The summed E-state index contributed by atoms with van der Waals surface area (Å²) in [4.78, 5) is 0. The fourth-order valence-corrected chi connectivity index (χ4v) is 2.50. The fourth-order valence-electron chi connectivity index (χ4n) is 1.94. The van der Waals surface area contributed by atoms with E-state index in [1.54, 1.807) is 0 Å². The molecule has 2 aromatic carbocycles. The van der Waals surface area contributed by atoms with Crippen LogP contribution in [0.1, 0.15) is 17.2 Å². The Balaban J connectivity index is 2.29. The predicted molar refractivity (Wildman–Crippen MR) is 74.3 cm³/mol. The van der Waals surface area contributed by atoms with E-state index >= 15 is 0 Å². The Hall–Kier alpha value is -1.30. The molecule has 19 heavy (non-hydrogen) atoms. The van der Waals surface area contributed by atoms with E-state index in [0.29, 0.717) is 5.56 Å². The molecule has 0 saturated heterocycles. The first-order valence-electron chi connectivity index (χ1n) is 5.76. The Morgan fingerprint density at radius 1 is 1.16 bits per heavy atom. The van der Waals surface area contributed by atoms with E-state index in [2.05, 4.69) is 21.4 Å². The normalized spacial score (nSPS) is 12.4. The van der Waals surface area contributed by atoms with Gasteiger partial charge in [-0.1, -0.05) is 34.1 Å². The van der Waals surface area contributed by atoms with E-state index < -0.39 is 11.6 Å². The molecule has 0 aliphatic rings. The summed E-state index contributed by atoms with van der Waals surface area (Å²) >= 11 is 3.42. The molecular weight excluding hydrogens is 314 g/mol. The summed E-state index contributed by atoms with van der Waals surface area (Å²) in [6, 6.07) is 10.6. The Labute approximate surface area is 118 Å². The van der Waals surface area contributed by atoms with E-state index in [1.807, 2.05) is 24.3 Å². The van der Waals surface area contributed by atoms with Gasteiger partial charge in [0, 0.05) is 4.47 Å². The SMILES string of the molecule is NNC(Cc1cc(F)ccc1F)c1ccccc1Br. The molecule has 2 aromatic rings. The van der Waals surface area contributed by atoms with E-state index in [1.165, 1.54) is 6.07 Å². The van der Waals surface area contributed by atoms with Crippen LogP contribution in [0, 0.1) is 11.6 Å². The minimum absolute atomic E-state index is 0.267. The molecule has 0 saturated carbocycles. The number of halogens is 3. The van der Waals surface area contributed by atoms with Gasteiger partial charge in [0.2, 0.25) is 0 Å². The van der Waals surface area contributed by atoms with Crippen LogP contribution in [0.2, 0.25) is 0 Å². The lowest BCUT2D eigenvalue weighted by Crippen LogP contribution is -2.30. The molecule has 2 nitrogen and oxygen atoms in total. The number of hydrogen-bond donors (Lipinski definition) is 2. The van der Waals surface area contributed by atoms with Gasteiger partial charge in [-0.25, -0.2) is 8.78 Å². The number of hydrogen-bond acceptors (Lipinski definition) is 2. The number of nitrogens with one attached hydrogen (secondary N) is 1. The molecule has 3 N–H and O–H groups in total. The van der Waals surface area contributed by atoms with Gasteiger partial charge in [-0.3, -0.25) is 11.3 Å². The second-order valence-electron chi connectivity index (χ2n) is 4.18. The van der Waals surface area contributed by atoms with Crippen molar-refractivity contribution in [3.63, 3.8) is 0 Å². The molecule has 0 radical (unpaired) electrons. The van der Waals surface area contributed by atoms with Gasteiger partial charge in [0.15, 0.2) is 0 Å². The van der Waals surface area contributed by atoms with Crippen molar-refractivity contribution in [2.45, 2.75) is 12.5 Å². The zero-order valence-corrected chi connectivity index (χ0v) is 11.6. The quantitative estimate of drug-likeness (QED) is 0.667. The summed E-state index contributed by atoms with van der Waals surface area (Å²) in [5.41, 5.74) is 3.82. The standard InChI is InChI=1S/C14H13BrF2N2/c15-12-4-2-1-3-11(12)14(19-18)8-9-7-10(16)5-6-13(9)17/h1-7,14,19H,8,18H2. The average Bonchev–Trinajstić information content (AvgIpc) is 2.41. The minimum atomic E-state index is -0.459. The predicted octanol–water partition coefficient (Wildman–Crippen LogP) is 3.47. The lowest BCUT2D eigenvalue weighted by atomic mass is 9.99. The van der Waals surface area contributed by atoms with E-state index in [9.17, 15) is 8.78 Å². The zero-order valence-electron chi connectivity index (χ0n) is 10.0. The average molecular weight is 327 g/mol. The van der Waals surface area contributed by atoms with Crippen LogP contribution in [0.3, 0.4) is 0 Å². The molecule has 1 atom stereocenters. The zero-order chi connectivity index (χ0) is 13.8. The third-order valence-electron chi connectivity index (χ3n) is 2.91. The van der Waals surface area contributed by atoms with Gasteiger partial charge in [-0.05, 0) is 41.8 Å². The molecule has 0 heterocycles. The monoisotopic (exact) mass is 326 g/mol. The summed E-state index contributed by atoms with van der Waals surface area (Å²) in [5, 5.41) is 0. The van der Waals surface area contributed by atoms with Crippen LogP contribution in [0.5, 0.6) is 0 Å². The summed E-state index contributed by atoms with van der Waals surface area (Å²) in [5.74, 6) is 4.63. The van der Waals surface area contributed by atoms with Crippen molar-refractivity contribution in [3.05, 3.63) is 69.7 Å². The van der Waals surface area contributed by atoms with Crippen LogP contribution < -0.4 is 11.3 Å². The van der Waals surface area contributed by atoms with Crippen molar-refractivity contribution in [3.8, 4) is 0 Å². The van der Waals surface area contributed by atoms with Crippen LogP contribution in [0.25, 0.3) is 0 Å².